The van der Waals surface area contributed by atoms with Gasteiger partial charge in [0.15, 0.2) is 5.13 Å². The zero-order chi connectivity index (χ0) is 17.4. The lowest BCUT2D eigenvalue weighted by Gasteiger charge is -2.15. The molecule has 1 aliphatic heterocycles. The number of nitrogens with one attached hydrogen (secondary N) is 2. The molecule has 1 fully saturated rings. The number of thiazole rings is 1. The van der Waals surface area contributed by atoms with Gasteiger partial charge in [-0.3, -0.25) is 9.48 Å². The molecular formula is C17H19N5O2S. The summed E-state index contributed by atoms with van der Waals surface area (Å²) in [5.74, 6) is 0.678. The highest BCUT2D eigenvalue weighted by Gasteiger charge is 2.35. The Morgan fingerprint density at radius 1 is 1.44 bits per heavy atom. The fourth-order valence-corrected chi connectivity index (χ4v) is 4.16. The number of hydrogen-bond acceptors (Lipinski definition) is 6. The number of rotatable bonds is 4. The van der Waals surface area contributed by atoms with E-state index >= 15 is 0 Å². The monoisotopic (exact) mass is 357 g/mol. The Balaban J connectivity index is 1.55. The van der Waals surface area contributed by atoms with Crippen LogP contribution >= 0.6 is 11.3 Å². The molecule has 3 aromatic rings. The van der Waals surface area contributed by atoms with Crippen LogP contribution in [-0.4, -0.2) is 40.9 Å². The average Bonchev–Trinajstić information content (AvgIpc) is 3.31. The first kappa shape index (κ1) is 16.0. The van der Waals surface area contributed by atoms with Gasteiger partial charge in [-0.15, -0.1) is 0 Å². The summed E-state index contributed by atoms with van der Waals surface area (Å²) < 4.78 is 8.09. The van der Waals surface area contributed by atoms with Crippen LogP contribution < -0.4 is 15.4 Å². The second-order valence-corrected chi connectivity index (χ2v) is 7.16. The first-order valence-electron chi connectivity index (χ1n) is 8.09. The molecule has 3 heterocycles. The minimum Gasteiger partial charge on any atom is -0.494 e. The van der Waals surface area contributed by atoms with Crippen molar-refractivity contribution in [2.45, 2.75) is 5.92 Å². The molecule has 7 nitrogen and oxygen atoms in total. The van der Waals surface area contributed by atoms with Crippen molar-refractivity contribution in [1.29, 1.82) is 0 Å². The minimum atomic E-state index is -0.141. The number of carbonyl (C=O) groups is 1. The van der Waals surface area contributed by atoms with Crippen molar-refractivity contribution in [3.8, 4) is 5.75 Å². The van der Waals surface area contributed by atoms with Crippen molar-refractivity contribution in [3.63, 3.8) is 0 Å². The number of nitrogens with zero attached hydrogens (tertiary/aromatic N) is 3. The van der Waals surface area contributed by atoms with Crippen molar-refractivity contribution >= 4 is 32.6 Å². The minimum absolute atomic E-state index is 0.0168. The van der Waals surface area contributed by atoms with Crippen molar-refractivity contribution in [3.05, 3.63) is 36.2 Å². The Labute approximate surface area is 149 Å². The number of fused-ring (bicyclic) bond motifs is 1. The Hall–Kier alpha value is -2.45. The van der Waals surface area contributed by atoms with Crippen molar-refractivity contribution in [2.75, 3.05) is 25.5 Å². The van der Waals surface area contributed by atoms with E-state index in [0.717, 1.165) is 22.3 Å². The van der Waals surface area contributed by atoms with Crippen LogP contribution in [0.5, 0.6) is 5.75 Å². The maximum absolute atomic E-state index is 12.8. The molecule has 2 atom stereocenters. The van der Waals surface area contributed by atoms with E-state index in [1.54, 1.807) is 11.8 Å². The third kappa shape index (κ3) is 2.98. The predicted octanol–water partition coefficient (Wildman–Crippen LogP) is 1.98. The van der Waals surface area contributed by atoms with Crippen LogP contribution in [0.1, 0.15) is 11.5 Å². The number of aromatic nitrogens is 3. The third-order valence-corrected chi connectivity index (χ3v) is 5.47. The number of ether oxygens (including phenoxy) is 1. The normalized spacial score (nSPS) is 20.1. The smallest absolute Gasteiger partial charge is 0.231 e. The Morgan fingerprint density at radius 3 is 3.08 bits per heavy atom. The molecule has 2 aromatic heterocycles. The summed E-state index contributed by atoms with van der Waals surface area (Å²) in [4.78, 5) is 17.3. The molecule has 1 saturated heterocycles. The van der Waals surface area contributed by atoms with Crippen LogP contribution in [0.25, 0.3) is 10.2 Å². The second-order valence-electron chi connectivity index (χ2n) is 6.13. The Morgan fingerprint density at radius 2 is 2.32 bits per heavy atom. The molecule has 4 rings (SSSR count). The fourth-order valence-electron chi connectivity index (χ4n) is 3.28. The van der Waals surface area contributed by atoms with Gasteiger partial charge in [-0.2, -0.15) is 5.10 Å². The first-order valence-corrected chi connectivity index (χ1v) is 8.91. The molecule has 1 aromatic carbocycles. The zero-order valence-electron chi connectivity index (χ0n) is 14.0. The molecule has 0 aliphatic carbocycles. The standard InChI is InChI=1S/C17H19N5O2S/c1-22-9-10(6-19-22)11-7-18-8-12(11)16(23)21-17-20-15-13(24-2)4-3-5-14(15)25-17/h3-6,9,11-12,18H,7-8H2,1-2H3,(H,20,21,23)/t11-,12+/m1/s1. The Bertz CT molecular complexity index is 919. The molecule has 25 heavy (non-hydrogen) atoms. The number of anilines is 1. The van der Waals surface area contributed by atoms with Crippen molar-refractivity contribution < 1.29 is 9.53 Å². The quantitative estimate of drug-likeness (QED) is 0.746. The van der Waals surface area contributed by atoms with Crippen LogP contribution in [-0.2, 0) is 11.8 Å². The van der Waals surface area contributed by atoms with Crippen molar-refractivity contribution in [2.24, 2.45) is 13.0 Å². The van der Waals surface area contributed by atoms with E-state index in [4.69, 9.17) is 4.74 Å². The number of carbonyl (C=O) groups excluding carboxylic acids is 1. The molecule has 0 radical (unpaired) electrons. The van der Waals surface area contributed by atoms with E-state index in [-0.39, 0.29) is 17.7 Å². The van der Waals surface area contributed by atoms with Crippen LogP contribution in [0.2, 0.25) is 0 Å². The molecule has 130 valence electrons. The van der Waals surface area contributed by atoms with E-state index in [2.05, 4.69) is 20.7 Å². The van der Waals surface area contributed by atoms with Crippen LogP contribution in [0.15, 0.2) is 30.6 Å². The predicted molar refractivity (Wildman–Crippen MR) is 97.1 cm³/mol. The third-order valence-electron chi connectivity index (χ3n) is 4.54. The lowest BCUT2D eigenvalue weighted by molar-refractivity contribution is -0.119. The molecule has 1 amide bonds. The lowest BCUT2D eigenvalue weighted by Crippen LogP contribution is -2.27. The second kappa shape index (κ2) is 6.45. The summed E-state index contributed by atoms with van der Waals surface area (Å²) in [5.41, 5.74) is 1.86. The number of para-hydroxylation sites is 1. The number of methoxy groups -OCH3 is 1. The maximum atomic E-state index is 12.8. The van der Waals surface area contributed by atoms with Gasteiger partial charge >= 0.3 is 0 Å². The number of amides is 1. The highest BCUT2D eigenvalue weighted by Crippen LogP contribution is 2.33. The maximum Gasteiger partial charge on any atom is 0.231 e. The molecule has 0 spiro atoms. The van der Waals surface area contributed by atoms with E-state index in [0.29, 0.717) is 17.4 Å². The van der Waals surface area contributed by atoms with Gasteiger partial charge in [0, 0.05) is 32.3 Å². The SMILES string of the molecule is COc1cccc2sc(NC(=O)[C@H]3CNC[C@@H]3c3cnn(C)c3)nc12. The molecular weight excluding hydrogens is 338 g/mol. The van der Waals surface area contributed by atoms with Crippen molar-refractivity contribution in [1.82, 2.24) is 20.1 Å². The zero-order valence-corrected chi connectivity index (χ0v) is 14.8. The van der Waals surface area contributed by atoms with E-state index < -0.39 is 0 Å². The summed E-state index contributed by atoms with van der Waals surface area (Å²) in [6.45, 7) is 1.43. The highest BCUT2D eigenvalue weighted by atomic mass is 32.1. The van der Waals surface area contributed by atoms with Crippen LogP contribution in [0.4, 0.5) is 5.13 Å². The summed E-state index contributed by atoms with van der Waals surface area (Å²) in [6.07, 6.45) is 3.81. The summed E-state index contributed by atoms with van der Waals surface area (Å²) in [6, 6.07) is 5.76. The van der Waals surface area contributed by atoms with E-state index in [1.165, 1.54) is 11.3 Å². The molecule has 0 unspecified atom stereocenters. The molecule has 1 aliphatic rings. The Kier molecular flexibility index (Phi) is 4.14. The molecule has 2 N–H and O–H groups in total. The fraction of sp³-hybridized carbons (Fsp3) is 0.353. The lowest BCUT2D eigenvalue weighted by atomic mass is 9.90. The van der Waals surface area contributed by atoms with Gasteiger partial charge < -0.3 is 15.4 Å². The average molecular weight is 357 g/mol. The summed E-state index contributed by atoms with van der Waals surface area (Å²) >= 11 is 1.46. The van der Waals surface area contributed by atoms with Gasteiger partial charge in [0.1, 0.15) is 11.3 Å². The van der Waals surface area contributed by atoms with Gasteiger partial charge in [-0.25, -0.2) is 4.98 Å². The van der Waals surface area contributed by atoms with Gasteiger partial charge in [0.05, 0.1) is 23.9 Å². The molecule has 8 heteroatoms. The number of benzene rings is 1. The van der Waals surface area contributed by atoms with Crippen LogP contribution in [0.3, 0.4) is 0 Å². The van der Waals surface area contributed by atoms with Gasteiger partial charge in [-0.1, -0.05) is 17.4 Å². The number of hydrogen-bond donors (Lipinski definition) is 2. The number of aryl methyl sites for hydroxylation is 1. The topological polar surface area (TPSA) is 81.1 Å². The van der Waals surface area contributed by atoms with Gasteiger partial charge in [0.2, 0.25) is 5.91 Å². The van der Waals surface area contributed by atoms with E-state index in [1.807, 2.05) is 37.6 Å². The summed E-state index contributed by atoms with van der Waals surface area (Å²) in [7, 11) is 3.50. The van der Waals surface area contributed by atoms with Gasteiger partial charge in [0.25, 0.3) is 0 Å². The highest BCUT2D eigenvalue weighted by molar-refractivity contribution is 7.22. The van der Waals surface area contributed by atoms with E-state index in [9.17, 15) is 4.79 Å². The molecule has 0 bridgehead atoms. The summed E-state index contributed by atoms with van der Waals surface area (Å²) in [5, 5.41) is 11.1. The molecule has 0 saturated carbocycles. The van der Waals surface area contributed by atoms with Crippen LogP contribution in [0, 0.1) is 5.92 Å². The van der Waals surface area contributed by atoms with Gasteiger partial charge in [-0.05, 0) is 17.7 Å². The largest absolute Gasteiger partial charge is 0.494 e. The first-order chi connectivity index (χ1) is 12.2.